The monoisotopic (exact) mass is 484 g/mol. The Balaban J connectivity index is 1.24. The highest BCUT2D eigenvalue weighted by molar-refractivity contribution is 5.79. The highest BCUT2D eigenvalue weighted by atomic mass is 16.6. The summed E-state index contributed by atoms with van der Waals surface area (Å²) >= 11 is 0. The lowest BCUT2D eigenvalue weighted by Crippen LogP contribution is -2.41. The summed E-state index contributed by atoms with van der Waals surface area (Å²) in [4.78, 5) is 18.9. The minimum atomic E-state index is -0.468. The van der Waals surface area contributed by atoms with Gasteiger partial charge in [-0.05, 0) is 87.1 Å². The molecule has 1 aliphatic heterocycles. The number of aromatic nitrogens is 3. The molecule has 186 valence electrons. The van der Waals surface area contributed by atoms with Crippen LogP contribution in [0.5, 0.6) is 0 Å². The fraction of sp³-hybridized carbons (Fsp3) is 0.321. The molecule has 5 rings (SSSR count). The first-order chi connectivity index (χ1) is 17.2. The van der Waals surface area contributed by atoms with Crippen LogP contribution in [0.15, 0.2) is 66.9 Å². The molecule has 3 N–H and O–H groups in total. The first-order valence-corrected chi connectivity index (χ1v) is 12.3. The van der Waals surface area contributed by atoms with E-state index in [1.54, 1.807) is 4.52 Å². The van der Waals surface area contributed by atoms with Crippen LogP contribution in [0, 0.1) is 0 Å². The van der Waals surface area contributed by atoms with Gasteiger partial charge in [0.05, 0.1) is 0 Å². The Labute approximate surface area is 211 Å². The SMILES string of the molecule is CC(C)(C)OC(=O)N1CCC(c2ccc(Nc3nc4c(-c5ccc(N)cc5)cccn4n3)cc2)CC1. The summed E-state index contributed by atoms with van der Waals surface area (Å²) in [5.74, 6) is 0.963. The van der Waals surface area contributed by atoms with E-state index in [9.17, 15) is 4.79 Å². The van der Waals surface area contributed by atoms with Crippen molar-refractivity contribution in [3.8, 4) is 11.1 Å². The van der Waals surface area contributed by atoms with E-state index in [1.165, 1.54) is 5.56 Å². The van der Waals surface area contributed by atoms with E-state index in [2.05, 4.69) is 34.7 Å². The number of ether oxygens (including phenoxy) is 1. The molecule has 36 heavy (non-hydrogen) atoms. The van der Waals surface area contributed by atoms with E-state index >= 15 is 0 Å². The number of pyridine rings is 1. The van der Waals surface area contributed by atoms with Crippen LogP contribution < -0.4 is 11.1 Å². The molecule has 0 aliphatic carbocycles. The van der Waals surface area contributed by atoms with Crippen molar-refractivity contribution in [3.63, 3.8) is 0 Å². The molecule has 1 aliphatic rings. The quantitative estimate of drug-likeness (QED) is 0.353. The van der Waals surface area contributed by atoms with Gasteiger partial charge in [-0.2, -0.15) is 4.98 Å². The second-order valence-electron chi connectivity index (χ2n) is 10.2. The van der Waals surface area contributed by atoms with Gasteiger partial charge in [0, 0.05) is 36.2 Å². The molecule has 0 spiro atoms. The normalized spacial score (nSPS) is 14.7. The smallest absolute Gasteiger partial charge is 0.410 e. The molecule has 0 unspecified atom stereocenters. The first-order valence-electron chi connectivity index (χ1n) is 12.3. The molecule has 0 saturated carbocycles. The molecular formula is C28H32N6O2. The van der Waals surface area contributed by atoms with Crippen LogP contribution in [0.4, 0.5) is 22.1 Å². The predicted molar refractivity (Wildman–Crippen MR) is 142 cm³/mol. The number of anilines is 3. The Hall–Kier alpha value is -4.07. The van der Waals surface area contributed by atoms with E-state index in [0.29, 0.717) is 25.0 Å². The second kappa shape index (κ2) is 9.53. The zero-order valence-corrected chi connectivity index (χ0v) is 20.9. The van der Waals surface area contributed by atoms with Crippen molar-refractivity contribution in [2.45, 2.75) is 45.1 Å². The maximum atomic E-state index is 12.3. The minimum absolute atomic E-state index is 0.222. The number of piperidine rings is 1. The number of benzene rings is 2. The zero-order chi connectivity index (χ0) is 25.3. The van der Waals surface area contributed by atoms with Crippen LogP contribution in [0.1, 0.15) is 45.1 Å². The number of rotatable bonds is 4. The summed E-state index contributed by atoms with van der Waals surface area (Å²) in [5.41, 5.74) is 11.1. The fourth-order valence-corrected chi connectivity index (χ4v) is 4.54. The van der Waals surface area contributed by atoms with Crippen LogP contribution in [0.25, 0.3) is 16.8 Å². The van der Waals surface area contributed by atoms with E-state index in [0.717, 1.165) is 41.0 Å². The molecule has 1 fully saturated rings. The molecule has 0 atom stereocenters. The topological polar surface area (TPSA) is 97.8 Å². The van der Waals surface area contributed by atoms with Gasteiger partial charge in [0.2, 0.25) is 5.95 Å². The third-order valence-corrected chi connectivity index (χ3v) is 6.37. The van der Waals surface area contributed by atoms with Crippen LogP contribution >= 0.6 is 0 Å². The van der Waals surface area contributed by atoms with E-state index in [1.807, 2.05) is 68.3 Å². The van der Waals surface area contributed by atoms with Gasteiger partial charge in [-0.15, -0.1) is 5.10 Å². The maximum absolute atomic E-state index is 12.3. The lowest BCUT2D eigenvalue weighted by Gasteiger charge is -2.33. The molecular weight excluding hydrogens is 452 g/mol. The average Bonchev–Trinajstić information content (AvgIpc) is 3.27. The highest BCUT2D eigenvalue weighted by Gasteiger charge is 2.27. The van der Waals surface area contributed by atoms with Crippen molar-refractivity contribution in [1.29, 1.82) is 0 Å². The summed E-state index contributed by atoms with van der Waals surface area (Å²) in [6, 6.07) is 20.1. The molecule has 1 saturated heterocycles. The van der Waals surface area contributed by atoms with E-state index in [-0.39, 0.29) is 6.09 Å². The van der Waals surface area contributed by atoms with Gasteiger partial charge in [0.1, 0.15) is 5.60 Å². The van der Waals surface area contributed by atoms with Gasteiger partial charge in [0.15, 0.2) is 5.65 Å². The maximum Gasteiger partial charge on any atom is 0.410 e. The lowest BCUT2D eigenvalue weighted by atomic mass is 9.89. The van der Waals surface area contributed by atoms with Gasteiger partial charge in [-0.25, -0.2) is 9.31 Å². The third-order valence-electron chi connectivity index (χ3n) is 6.37. The van der Waals surface area contributed by atoms with Crippen LogP contribution in [-0.2, 0) is 4.74 Å². The largest absolute Gasteiger partial charge is 0.444 e. The molecule has 1 amide bonds. The molecule has 8 nitrogen and oxygen atoms in total. The number of carbonyl (C=O) groups excluding carboxylic acids is 1. The van der Waals surface area contributed by atoms with Gasteiger partial charge < -0.3 is 20.7 Å². The van der Waals surface area contributed by atoms with Crippen LogP contribution in [0.2, 0.25) is 0 Å². The zero-order valence-electron chi connectivity index (χ0n) is 20.9. The average molecular weight is 485 g/mol. The number of nitrogen functional groups attached to an aromatic ring is 1. The summed E-state index contributed by atoms with van der Waals surface area (Å²) in [5, 5.41) is 7.92. The van der Waals surface area contributed by atoms with Crippen LogP contribution in [0.3, 0.4) is 0 Å². The Kier molecular flexibility index (Phi) is 6.26. The summed E-state index contributed by atoms with van der Waals surface area (Å²) in [6.45, 7) is 7.11. The van der Waals surface area contributed by atoms with Crippen molar-refractivity contribution in [1.82, 2.24) is 19.5 Å². The first kappa shape index (κ1) is 23.7. The molecule has 0 bridgehead atoms. The number of carbonyl (C=O) groups is 1. The Bertz CT molecular complexity index is 1350. The Morgan fingerprint density at radius 1 is 1.03 bits per heavy atom. The number of likely N-dealkylation sites (tertiary alicyclic amines) is 1. The lowest BCUT2D eigenvalue weighted by molar-refractivity contribution is 0.0205. The predicted octanol–water partition coefficient (Wildman–Crippen LogP) is 5.84. The van der Waals surface area contributed by atoms with Crippen molar-refractivity contribution >= 4 is 29.1 Å². The van der Waals surface area contributed by atoms with Gasteiger partial charge in [0.25, 0.3) is 0 Å². The molecule has 8 heteroatoms. The minimum Gasteiger partial charge on any atom is -0.444 e. The number of fused-ring (bicyclic) bond motifs is 1. The highest BCUT2D eigenvalue weighted by Crippen LogP contribution is 2.30. The molecule has 2 aromatic carbocycles. The van der Waals surface area contributed by atoms with E-state index < -0.39 is 5.60 Å². The molecule has 0 radical (unpaired) electrons. The summed E-state index contributed by atoms with van der Waals surface area (Å²) < 4.78 is 7.29. The third kappa shape index (κ3) is 5.27. The van der Waals surface area contributed by atoms with Crippen molar-refractivity contribution in [2.24, 2.45) is 0 Å². The number of nitrogens with zero attached hydrogens (tertiary/aromatic N) is 4. The number of nitrogens with one attached hydrogen (secondary N) is 1. The number of hydrogen-bond acceptors (Lipinski definition) is 6. The number of hydrogen-bond donors (Lipinski definition) is 2. The standard InChI is InChI=1S/C28H32N6O2/c1-28(2,3)36-27(35)33-17-14-20(15-18-33)19-8-12-23(13-9-19)30-26-31-25-24(5-4-16-34(25)32-26)21-6-10-22(29)11-7-21/h4-13,16,20H,14-15,17-18,29H2,1-3H3,(H,30,32). The van der Waals surface area contributed by atoms with Crippen molar-refractivity contribution in [3.05, 3.63) is 72.4 Å². The number of amides is 1. The molecule has 4 aromatic rings. The molecule has 2 aromatic heterocycles. The van der Waals surface area contributed by atoms with Gasteiger partial charge in [-0.1, -0.05) is 24.3 Å². The van der Waals surface area contributed by atoms with Gasteiger partial charge >= 0.3 is 6.09 Å². The van der Waals surface area contributed by atoms with Crippen LogP contribution in [-0.4, -0.2) is 44.3 Å². The number of nitrogens with two attached hydrogens (primary N) is 1. The summed E-state index contributed by atoms with van der Waals surface area (Å²) in [7, 11) is 0. The molecule has 3 heterocycles. The summed E-state index contributed by atoms with van der Waals surface area (Å²) in [6.07, 6.45) is 3.52. The Morgan fingerprint density at radius 3 is 2.39 bits per heavy atom. The van der Waals surface area contributed by atoms with Gasteiger partial charge in [-0.3, -0.25) is 0 Å². The van der Waals surface area contributed by atoms with E-state index in [4.69, 9.17) is 15.5 Å². The fourth-order valence-electron chi connectivity index (χ4n) is 4.54. The van der Waals surface area contributed by atoms with Crippen molar-refractivity contribution in [2.75, 3.05) is 24.1 Å². The second-order valence-corrected chi connectivity index (χ2v) is 10.2. The van der Waals surface area contributed by atoms with Crippen molar-refractivity contribution < 1.29 is 9.53 Å². The Morgan fingerprint density at radius 2 is 1.72 bits per heavy atom.